The highest BCUT2D eigenvalue weighted by Gasteiger charge is 2.33. The minimum atomic E-state index is 0.316. The predicted molar refractivity (Wildman–Crippen MR) is 109 cm³/mol. The lowest BCUT2D eigenvalue weighted by molar-refractivity contribution is 0.288. The number of benzene rings is 1. The van der Waals surface area contributed by atoms with Crippen molar-refractivity contribution in [3.63, 3.8) is 0 Å². The summed E-state index contributed by atoms with van der Waals surface area (Å²) in [4.78, 5) is 0. The van der Waals surface area contributed by atoms with Crippen LogP contribution in [0.1, 0.15) is 59.4 Å². The molecule has 2 rings (SSSR count). The lowest BCUT2D eigenvalue weighted by atomic mass is 9.69. The number of allylic oxidation sites excluding steroid dienone is 7. The van der Waals surface area contributed by atoms with Crippen LogP contribution in [0.15, 0.2) is 71.0 Å². The summed E-state index contributed by atoms with van der Waals surface area (Å²) in [5.41, 5.74) is 7.06. The lowest BCUT2D eigenvalue weighted by Gasteiger charge is -2.36. The van der Waals surface area contributed by atoms with E-state index in [1.165, 1.54) is 22.3 Å². The van der Waals surface area contributed by atoms with Crippen LogP contribution in [0.3, 0.4) is 0 Å². The number of aliphatic hydroxyl groups excluding tert-OH is 1. The highest BCUT2D eigenvalue weighted by atomic mass is 16.3. The van der Waals surface area contributed by atoms with Gasteiger partial charge < -0.3 is 5.11 Å². The Balaban J connectivity index is 2.80. The summed E-state index contributed by atoms with van der Waals surface area (Å²) in [7, 11) is 0. The van der Waals surface area contributed by atoms with Crippen LogP contribution in [0.4, 0.5) is 0 Å². The highest BCUT2D eigenvalue weighted by molar-refractivity contribution is 5.85. The second kappa shape index (κ2) is 8.38. The highest BCUT2D eigenvalue weighted by Crippen LogP contribution is 2.46. The smallest absolute Gasteiger partial charge is 0.0963 e. The molecule has 134 valence electrons. The van der Waals surface area contributed by atoms with Crippen LogP contribution in [0.2, 0.25) is 0 Å². The van der Waals surface area contributed by atoms with Gasteiger partial charge >= 0.3 is 0 Å². The molecule has 1 aliphatic carbocycles. The molecular formula is C24H32O. The molecule has 0 aromatic heterocycles. The molecule has 1 aromatic carbocycles. The Kier molecular flexibility index (Phi) is 6.47. The van der Waals surface area contributed by atoms with Gasteiger partial charge in [0.25, 0.3) is 0 Å². The first-order valence-corrected chi connectivity index (χ1v) is 9.47. The zero-order valence-electron chi connectivity index (χ0n) is 16.4. The van der Waals surface area contributed by atoms with E-state index < -0.39 is 0 Å². The monoisotopic (exact) mass is 336 g/mol. The third-order valence-corrected chi connectivity index (χ3v) is 5.77. The normalized spacial score (nSPS) is 21.1. The molecule has 1 unspecified atom stereocenters. The maximum absolute atomic E-state index is 10.5. The van der Waals surface area contributed by atoms with Gasteiger partial charge in [-0.05, 0) is 66.0 Å². The molecule has 0 heterocycles. The molecule has 0 bridgehead atoms. The third-order valence-electron chi connectivity index (χ3n) is 5.77. The van der Waals surface area contributed by atoms with E-state index in [0.717, 1.165) is 30.4 Å². The fraction of sp³-hybridized carbons (Fsp3) is 0.417. The van der Waals surface area contributed by atoms with Crippen LogP contribution < -0.4 is 0 Å². The third kappa shape index (κ3) is 3.81. The average molecular weight is 337 g/mol. The fourth-order valence-corrected chi connectivity index (χ4v) is 4.00. The topological polar surface area (TPSA) is 20.2 Å². The number of rotatable bonds is 5. The van der Waals surface area contributed by atoms with Gasteiger partial charge in [-0.1, -0.05) is 69.7 Å². The van der Waals surface area contributed by atoms with E-state index in [4.69, 9.17) is 0 Å². The molecule has 0 fully saturated rings. The van der Waals surface area contributed by atoms with Crippen molar-refractivity contribution >= 4 is 5.57 Å². The van der Waals surface area contributed by atoms with Gasteiger partial charge in [0, 0.05) is 6.42 Å². The molecule has 1 atom stereocenters. The first kappa shape index (κ1) is 19.3. The molecular weight excluding hydrogens is 304 g/mol. The Labute approximate surface area is 153 Å². The SMILES string of the molecule is C=C1C(C)=C(O)CC(C(CC)CC)/C1=C(/C(C)=C\C)c1ccccc1. The second-order valence-corrected chi connectivity index (χ2v) is 7.06. The maximum atomic E-state index is 10.5. The van der Waals surface area contributed by atoms with Crippen LogP contribution in [-0.4, -0.2) is 5.11 Å². The zero-order valence-corrected chi connectivity index (χ0v) is 16.4. The summed E-state index contributed by atoms with van der Waals surface area (Å²) < 4.78 is 0. The van der Waals surface area contributed by atoms with E-state index in [1.54, 1.807) is 0 Å². The van der Waals surface area contributed by atoms with Gasteiger partial charge in [0.05, 0.1) is 5.76 Å². The lowest BCUT2D eigenvalue weighted by Crippen LogP contribution is -2.24. The van der Waals surface area contributed by atoms with E-state index in [0.29, 0.717) is 17.6 Å². The Hall–Kier alpha value is -2.02. The molecule has 0 spiro atoms. The zero-order chi connectivity index (χ0) is 18.6. The van der Waals surface area contributed by atoms with Crippen molar-refractivity contribution in [3.05, 3.63) is 76.6 Å². The standard InChI is InChI=1S/C24H32O/c1-7-16(4)23(20-13-11-10-12-14-20)24-18(6)17(5)22(25)15-21(24)19(8-2)9-3/h7,10-14,19,21,25H,6,8-9,15H2,1-5H3/b16-7-,24-23-. The average Bonchev–Trinajstić information content (AvgIpc) is 2.64. The van der Waals surface area contributed by atoms with Crippen molar-refractivity contribution in [3.8, 4) is 0 Å². The number of aliphatic hydroxyl groups is 1. The van der Waals surface area contributed by atoms with Crippen LogP contribution in [0.5, 0.6) is 0 Å². The molecule has 0 saturated carbocycles. The van der Waals surface area contributed by atoms with Crippen molar-refractivity contribution in [1.82, 2.24) is 0 Å². The van der Waals surface area contributed by atoms with Crippen LogP contribution in [0, 0.1) is 11.8 Å². The van der Waals surface area contributed by atoms with Gasteiger partial charge in [-0.25, -0.2) is 0 Å². The maximum Gasteiger partial charge on any atom is 0.0963 e. The molecule has 1 nitrogen and oxygen atoms in total. The van der Waals surface area contributed by atoms with E-state index >= 15 is 0 Å². The van der Waals surface area contributed by atoms with Crippen molar-refractivity contribution < 1.29 is 5.11 Å². The fourth-order valence-electron chi connectivity index (χ4n) is 4.00. The van der Waals surface area contributed by atoms with Gasteiger partial charge in [-0.3, -0.25) is 0 Å². The summed E-state index contributed by atoms with van der Waals surface area (Å²) in [6.45, 7) is 15.2. The Morgan fingerprint density at radius 2 is 1.84 bits per heavy atom. The minimum absolute atomic E-state index is 0.316. The van der Waals surface area contributed by atoms with E-state index in [1.807, 2.05) is 6.92 Å². The van der Waals surface area contributed by atoms with Crippen LogP contribution in [0.25, 0.3) is 5.57 Å². The largest absolute Gasteiger partial charge is 0.512 e. The first-order chi connectivity index (χ1) is 12.0. The summed E-state index contributed by atoms with van der Waals surface area (Å²) in [6.07, 6.45) is 5.13. The molecule has 1 aliphatic rings. The summed E-state index contributed by atoms with van der Waals surface area (Å²) in [6, 6.07) is 10.6. The van der Waals surface area contributed by atoms with Gasteiger partial charge in [0.15, 0.2) is 0 Å². The van der Waals surface area contributed by atoms with Gasteiger partial charge in [0.1, 0.15) is 0 Å². The van der Waals surface area contributed by atoms with E-state index in [2.05, 4.69) is 70.7 Å². The summed E-state index contributed by atoms with van der Waals surface area (Å²) in [5, 5.41) is 10.5. The van der Waals surface area contributed by atoms with Crippen molar-refractivity contribution in [2.45, 2.75) is 53.9 Å². The quantitative estimate of drug-likeness (QED) is 0.600. The first-order valence-electron chi connectivity index (χ1n) is 9.47. The molecule has 1 heteroatoms. The van der Waals surface area contributed by atoms with E-state index in [9.17, 15) is 5.11 Å². The summed E-state index contributed by atoms with van der Waals surface area (Å²) >= 11 is 0. The van der Waals surface area contributed by atoms with Gasteiger partial charge in [-0.15, -0.1) is 0 Å². The molecule has 0 amide bonds. The van der Waals surface area contributed by atoms with Gasteiger partial charge in [-0.2, -0.15) is 0 Å². The second-order valence-electron chi connectivity index (χ2n) is 7.06. The molecule has 0 aliphatic heterocycles. The van der Waals surface area contributed by atoms with Crippen molar-refractivity contribution in [1.29, 1.82) is 0 Å². The van der Waals surface area contributed by atoms with Crippen LogP contribution in [-0.2, 0) is 0 Å². The number of hydrogen-bond donors (Lipinski definition) is 1. The number of hydrogen-bond acceptors (Lipinski definition) is 1. The molecule has 0 saturated heterocycles. The van der Waals surface area contributed by atoms with Gasteiger partial charge in [0.2, 0.25) is 0 Å². The van der Waals surface area contributed by atoms with Crippen LogP contribution >= 0.6 is 0 Å². The Morgan fingerprint density at radius 1 is 1.24 bits per heavy atom. The summed E-state index contributed by atoms with van der Waals surface area (Å²) in [5.74, 6) is 1.37. The van der Waals surface area contributed by atoms with Crippen molar-refractivity contribution in [2.24, 2.45) is 11.8 Å². The van der Waals surface area contributed by atoms with E-state index in [-0.39, 0.29) is 0 Å². The molecule has 25 heavy (non-hydrogen) atoms. The van der Waals surface area contributed by atoms with Crippen molar-refractivity contribution in [2.75, 3.05) is 0 Å². The Morgan fingerprint density at radius 3 is 2.36 bits per heavy atom. The molecule has 1 N–H and O–H groups in total. The Bertz CT molecular complexity index is 712. The minimum Gasteiger partial charge on any atom is -0.512 e. The molecule has 0 radical (unpaired) electrons. The predicted octanol–water partition coefficient (Wildman–Crippen LogP) is 7.25. The molecule has 1 aromatic rings.